The molecule has 3 unspecified atom stereocenters. The van der Waals surface area contributed by atoms with Gasteiger partial charge in [0.05, 0.1) is 6.61 Å². The highest BCUT2D eigenvalue weighted by Crippen LogP contribution is 2.30. The molecule has 1 N–H and O–H groups in total. The molecule has 2 aliphatic rings. The molecule has 0 amide bonds. The van der Waals surface area contributed by atoms with Gasteiger partial charge in [0.15, 0.2) is 0 Å². The van der Waals surface area contributed by atoms with Crippen LogP contribution in [-0.4, -0.2) is 36.8 Å². The summed E-state index contributed by atoms with van der Waals surface area (Å²) in [7, 11) is 0. The fourth-order valence-corrected chi connectivity index (χ4v) is 4.30. The first-order valence-electron chi connectivity index (χ1n) is 13.3. The number of ether oxygens (including phenoxy) is 5. The second-order valence-electron chi connectivity index (χ2n) is 10.3. The van der Waals surface area contributed by atoms with Crippen molar-refractivity contribution in [3.05, 3.63) is 125 Å². The van der Waals surface area contributed by atoms with Crippen molar-refractivity contribution in [2.24, 2.45) is 0 Å². The van der Waals surface area contributed by atoms with Crippen LogP contribution in [0.5, 0.6) is 17.2 Å². The largest absolute Gasteiger partial charge is 0.491 e. The van der Waals surface area contributed by atoms with E-state index in [-0.39, 0.29) is 6.10 Å². The highest BCUT2D eigenvalue weighted by atomic mass is 16.8. The van der Waals surface area contributed by atoms with E-state index in [9.17, 15) is 5.11 Å². The Morgan fingerprint density at radius 1 is 0.744 bits per heavy atom. The first kappa shape index (κ1) is 25.4. The smallest absolute Gasteiger partial charge is 0.231 e. The number of hydrogen-bond donors (Lipinski definition) is 1. The van der Waals surface area contributed by atoms with E-state index >= 15 is 0 Å². The third-order valence-electron chi connectivity index (χ3n) is 6.82. The van der Waals surface area contributed by atoms with Crippen LogP contribution in [0.1, 0.15) is 41.0 Å². The highest BCUT2D eigenvalue weighted by Gasteiger charge is 2.42. The SMILES string of the molecule is CC1(Oc2ccc(Cc3ccc(C(O)Oc4ccc(Cc5ccc(OCC6CO6)cc5)cc4)cc3)cc2)CO1. The summed E-state index contributed by atoms with van der Waals surface area (Å²) in [6.07, 6.45) is 0.809. The third kappa shape index (κ3) is 7.18. The summed E-state index contributed by atoms with van der Waals surface area (Å²) in [5.74, 6) is 1.82. The predicted octanol–water partition coefficient (Wildman–Crippen LogP) is 5.84. The molecule has 2 aliphatic heterocycles. The second-order valence-corrected chi connectivity index (χ2v) is 10.3. The number of benzene rings is 4. The van der Waals surface area contributed by atoms with Crippen molar-refractivity contribution in [3.8, 4) is 17.2 Å². The fourth-order valence-electron chi connectivity index (χ4n) is 4.30. The maximum atomic E-state index is 10.6. The van der Waals surface area contributed by atoms with Crippen LogP contribution in [0.3, 0.4) is 0 Å². The lowest BCUT2D eigenvalue weighted by Crippen LogP contribution is -2.14. The van der Waals surface area contributed by atoms with Gasteiger partial charge in [0, 0.05) is 12.5 Å². The molecular weight excluding hydrogens is 492 g/mol. The van der Waals surface area contributed by atoms with E-state index in [1.54, 1.807) is 0 Å². The van der Waals surface area contributed by atoms with Gasteiger partial charge in [-0.1, -0.05) is 60.7 Å². The van der Waals surface area contributed by atoms with Crippen LogP contribution in [0.15, 0.2) is 97.1 Å². The van der Waals surface area contributed by atoms with Gasteiger partial charge in [-0.05, 0) is 71.5 Å². The first-order valence-corrected chi connectivity index (χ1v) is 13.3. The molecule has 39 heavy (non-hydrogen) atoms. The molecular formula is C33H32O6. The lowest BCUT2D eigenvalue weighted by atomic mass is 10.0. The Morgan fingerprint density at radius 2 is 1.21 bits per heavy atom. The van der Waals surface area contributed by atoms with Crippen LogP contribution in [0, 0.1) is 0 Å². The van der Waals surface area contributed by atoms with Crippen molar-refractivity contribution < 1.29 is 28.8 Å². The number of aliphatic hydroxyl groups is 1. The van der Waals surface area contributed by atoms with E-state index in [2.05, 4.69) is 24.3 Å². The third-order valence-corrected chi connectivity index (χ3v) is 6.82. The molecule has 6 rings (SSSR count). The molecule has 0 radical (unpaired) electrons. The van der Waals surface area contributed by atoms with Crippen molar-refractivity contribution in [3.63, 3.8) is 0 Å². The predicted molar refractivity (Wildman–Crippen MR) is 147 cm³/mol. The van der Waals surface area contributed by atoms with Gasteiger partial charge < -0.3 is 28.8 Å². The monoisotopic (exact) mass is 524 g/mol. The van der Waals surface area contributed by atoms with Crippen LogP contribution in [0.4, 0.5) is 0 Å². The minimum absolute atomic E-state index is 0.255. The van der Waals surface area contributed by atoms with Crippen molar-refractivity contribution in [1.29, 1.82) is 0 Å². The van der Waals surface area contributed by atoms with Crippen LogP contribution in [-0.2, 0) is 22.3 Å². The Hall–Kier alpha value is -3.84. The quantitative estimate of drug-likeness (QED) is 0.185. The Morgan fingerprint density at radius 3 is 1.69 bits per heavy atom. The van der Waals surface area contributed by atoms with Gasteiger partial charge in [-0.15, -0.1) is 0 Å². The average molecular weight is 525 g/mol. The van der Waals surface area contributed by atoms with Gasteiger partial charge in [0.2, 0.25) is 12.1 Å². The second kappa shape index (κ2) is 11.1. The number of rotatable bonds is 12. The zero-order chi connectivity index (χ0) is 26.7. The van der Waals surface area contributed by atoms with Gasteiger partial charge in [0.1, 0.15) is 36.6 Å². The molecule has 4 aromatic rings. The average Bonchev–Trinajstić information content (AvgIpc) is 3.89. The Kier molecular flexibility index (Phi) is 7.24. The summed E-state index contributed by atoms with van der Waals surface area (Å²) in [6, 6.07) is 31.9. The van der Waals surface area contributed by atoms with Crippen molar-refractivity contribution in [1.82, 2.24) is 0 Å². The molecule has 0 spiro atoms. The molecule has 200 valence electrons. The van der Waals surface area contributed by atoms with E-state index in [0.717, 1.165) is 42.1 Å². The zero-order valence-electron chi connectivity index (χ0n) is 21.9. The lowest BCUT2D eigenvalue weighted by molar-refractivity contribution is -0.0194. The van der Waals surface area contributed by atoms with Gasteiger partial charge in [0.25, 0.3) is 0 Å². The Balaban J connectivity index is 0.983. The first-order chi connectivity index (χ1) is 19.0. The summed E-state index contributed by atoms with van der Waals surface area (Å²) < 4.78 is 27.7. The van der Waals surface area contributed by atoms with Crippen LogP contribution in [0.2, 0.25) is 0 Å². The van der Waals surface area contributed by atoms with Crippen molar-refractivity contribution in [2.75, 3.05) is 19.8 Å². The summed E-state index contributed by atoms with van der Waals surface area (Å²) >= 11 is 0. The van der Waals surface area contributed by atoms with Crippen LogP contribution in [0.25, 0.3) is 0 Å². The van der Waals surface area contributed by atoms with Gasteiger partial charge in [-0.3, -0.25) is 0 Å². The van der Waals surface area contributed by atoms with Crippen molar-refractivity contribution in [2.45, 2.75) is 37.9 Å². The Labute approximate surface area is 228 Å². The van der Waals surface area contributed by atoms with E-state index in [1.165, 1.54) is 11.1 Å². The topological polar surface area (TPSA) is 73.0 Å². The maximum absolute atomic E-state index is 10.6. The minimum atomic E-state index is -1.04. The van der Waals surface area contributed by atoms with Gasteiger partial charge in [-0.2, -0.15) is 0 Å². The molecule has 0 bridgehead atoms. The highest BCUT2D eigenvalue weighted by molar-refractivity contribution is 5.36. The van der Waals surface area contributed by atoms with Crippen LogP contribution < -0.4 is 14.2 Å². The summed E-state index contributed by atoms with van der Waals surface area (Å²) in [5.41, 5.74) is 5.40. The molecule has 6 heteroatoms. The van der Waals surface area contributed by atoms with E-state index in [0.29, 0.717) is 24.5 Å². The molecule has 6 nitrogen and oxygen atoms in total. The number of hydrogen-bond acceptors (Lipinski definition) is 6. The molecule has 3 atom stereocenters. The summed E-state index contributed by atoms with van der Waals surface area (Å²) in [6.45, 7) is 3.97. The maximum Gasteiger partial charge on any atom is 0.231 e. The fraction of sp³-hybridized carbons (Fsp3) is 0.273. The van der Waals surface area contributed by atoms with Crippen LogP contribution >= 0.6 is 0 Å². The normalized spacial score (nSPS) is 20.2. The van der Waals surface area contributed by atoms with Gasteiger partial charge >= 0.3 is 0 Å². The minimum Gasteiger partial charge on any atom is -0.491 e. The molecule has 2 heterocycles. The Bertz CT molecular complexity index is 1360. The summed E-state index contributed by atoms with van der Waals surface area (Å²) in [4.78, 5) is 0. The molecule has 0 aromatic heterocycles. The zero-order valence-corrected chi connectivity index (χ0v) is 21.9. The van der Waals surface area contributed by atoms with Gasteiger partial charge in [-0.25, -0.2) is 0 Å². The molecule has 4 aromatic carbocycles. The van der Waals surface area contributed by atoms with E-state index < -0.39 is 12.1 Å². The molecule has 2 fully saturated rings. The van der Waals surface area contributed by atoms with E-state index in [1.807, 2.05) is 79.7 Å². The number of epoxide rings is 2. The molecule has 0 aliphatic carbocycles. The lowest BCUT2D eigenvalue weighted by Gasteiger charge is -2.15. The van der Waals surface area contributed by atoms with E-state index in [4.69, 9.17) is 23.7 Å². The number of aliphatic hydroxyl groups excluding tert-OH is 1. The molecule has 2 saturated heterocycles. The van der Waals surface area contributed by atoms with Crippen molar-refractivity contribution >= 4 is 0 Å². The standard InChI is InChI=1S/C33H32O6/c1-33(22-37-33)39-30-16-8-26(9-17-30)18-23-2-10-27(11-3-23)32(34)38-29-14-6-25(7-15-29)19-24-4-12-28(13-5-24)35-20-31-21-36-31/h2-17,31-32,34H,18-22H2,1H3. The summed E-state index contributed by atoms with van der Waals surface area (Å²) in [5, 5.41) is 10.6. The molecule has 0 saturated carbocycles.